The van der Waals surface area contributed by atoms with E-state index in [4.69, 9.17) is 0 Å². The number of amides is 1. The van der Waals surface area contributed by atoms with Crippen LogP contribution < -0.4 is 5.32 Å². The normalized spacial score (nSPS) is 16.7. The van der Waals surface area contributed by atoms with Crippen molar-refractivity contribution >= 4 is 27.8 Å². The predicted octanol–water partition coefficient (Wildman–Crippen LogP) is 3.49. The second-order valence-electron chi connectivity index (χ2n) is 6.79. The summed E-state index contributed by atoms with van der Waals surface area (Å²) >= 11 is 3.45. The topological polar surface area (TPSA) is 66.4 Å². The maximum Gasteiger partial charge on any atom is 0.310 e. The first kappa shape index (κ1) is 17.0. The first-order valence-corrected chi connectivity index (χ1v) is 8.31. The number of hydrogen-bond donors (Lipinski definition) is 2. The van der Waals surface area contributed by atoms with Crippen LogP contribution in [0.15, 0.2) is 28.7 Å². The number of carboxylic acids is 1. The largest absolute Gasteiger partial charge is 0.481 e. The van der Waals surface area contributed by atoms with Gasteiger partial charge in [0.05, 0.1) is 5.41 Å². The van der Waals surface area contributed by atoms with E-state index >= 15 is 0 Å². The molecule has 1 saturated carbocycles. The Balaban J connectivity index is 1.94. The monoisotopic (exact) mass is 367 g/mol. The molecule has 0 heterocycles. The molecule has 1 aromatic carbocycles. The van der Waals surface area contributed by atoms with Gasteiger partial charge in [-0.05, 0) is 30.5 Å². The van der Waals surface area contributed by atoms with Gasteiger partial charge in [-0.25, -0.2) is 0 Å². The lowest BCUT2D eigenvalue weighted by molar-refractivity contribution is -0.157. The first-order valence-electron chi connectivity index (χ1n) is 7.51. The van der Waals surface area contributed by atoms with Gasteiger partial charge in [0.1, 0.15) is 0 Å². The highest BCUT2D eigenvalue weighted by molar-refractivity contribution is 9.10. The lowest BCUT2D eigenvalue weighted by atomic mass is 9.66. The Hall–Kier alpha value is -1.36. The number of carbonyl (C=O) groups excluding carboxylic acids is 1. The quantitative estimate of drug-likeness (QED) is 0.808. The van der Waals surface area contributed by atoms with E-state index in [0.717, 1.165) is 16.5 Å². The molecule has 0 bridgehead atoms. The third kappa shape index (κ3) is 3.69. The molecule has 0 atom stereocenters. The molecule has 0 aliphatic heterocycles. The van der Waals surface area contributed by atoms with Crippen LogP contribution in [0.4, 0.5) is 0 Å². The van der Waals surface area contributed by atoms with Gasteiger partial charge in [-0.2, -0.15) is 0 Å². The number of hydrogen-bond acceptors (Lipinski definition) is 2. The maximum absolute atomic E-state index is 12.1. The Bertz CT molecular complexity index is 579. The van der Waals surface area contributed by atoms with E-state index in [9.17, 15) is 14.7 Å². The predicted molar refractivity (Wildman–Crippen MR) is 88.7 cm³/mol. The minimum Gasteiger partial charge on any atom is -0.481 e. The Kier molecular flexibility index (Phi) is 4.95. The van der Waals surface area contributed by atoms with Gasteiger partial charge in [0.15, 0.2) is 0 Å². The molecule has 0 spiro atoms. The minimum atomic E-state index is -0.847. The van der Waals surface area contributed by atoms with Gasteiger partial charge < -0.3 is 10.4 Å². The molecule has 0 radical (unpaired) electrons. The van der Waals surface area contributed by atoms with Gasteiger partial charge in [0.2, 0.25) is 5.91 Å². The standard InChI is InChI=1S/C17H22BrNO3/c1-16(2,12-5-3-6-13(18)9-12)11-19-14(20)10-17(15(21)22)7-4-8-17/h3,5-6,9H,4,7-8,10-11H2,1-2H3,(H,19,20)(H,21,22). The molecule has 0 aromatic heterocycles. The summed E-state index contributed by atoms with van der Waals surface area (Å²) in [7, 11) is 0. The van der Waals surface area contributed by atoms with E-state index in [2.05, 4.69) is 35.1 Å². The van der Waals surface area contributed by atoms with Gasteiger partial charge in [0.25, 0.3) is 0 Å². The van der Waals surface area contributed by atoms with Crippen LogP contribution in [0, 0.1) is 5.41 Å². The van der Waals surface area contributed by atoms with Crippen LogP contribution >= 0.6 is 15.9 Å². The van der Waals surface area contributed by atoms with Crippen LogP contribution in [0.2, 0.25) is 0 Å². The van der Waals surface area contributed by atoms with Crippen molar-refractivity contribution in [2.75, 3.05) is 6.54 Å². The maximum atomic E-state index is 12.1. The van der Waals surface area contributed by atoms with Crippen LogP contribution in [0.3, 0.4) is 0 Å². The van der Waals surface area contributed by atoms with Gasteiger partial charge in [-0.1, -0.05) is 48.3 Å². The van der Waals surface area contributed by atoms with Crippen molar-refractivity contribution in [3.8, 4) is 0 Å². The third-order valence-corrected chi connectivity index (χ3v) is 5.09. The van der Waals surface area contributed by atoms with Crippen molar-refractivity contribution in [1.29, 1.82) is 0 Å². The van der Waals surface area contributed by atoms with E-state index in [1.54, 1.807) is 0 Å². The summed E-state index contributed by atoms with van der Waals surface area (Å²) in [6, 6.07) is 8.00. The summed E-state index contributed by atoms with van der Waals surface area (Å²) in [6.45, 7) is 4.61. The average molecular weight is 368 g/mol. The van der Waals surface area contributed by atoms with E-state index in [1.807, 2.05) is 24.3 Å². The van der Waals surface area contributed by atoms with Crippen molar-refractivity contribution < 1.29 is 14.7 Å². The molecule has 1 aromatic rings. The molecule has 2 N–H and O–H groups in total. The molecule has 2 rings (SSSR count). The smallest absolute Gasteiger partial charge is 0.310 e. The molecule has 1 amide bonds. The third-order valence-electron chi connectivity index (χ3n) is 4.60. The van der Waals surface area contributed by atoms with E-state index in [0.29, 0.717) is 19.4 Å². The van der Waals surface area contributed by atoms with Crippen LogP contribution in [-0.2, 0) is 15.0 Å². The average Bonchev–Trinajstić information content (AvgIpc) is 2.40. The van der Waals surface area contributed by atoms with Crippen LogP contribution in [0.5, 0.6) is 0 Å². The molecule has 4 nitrogen and oxygen atoms in total. The lowest BCUT2D eigenvalue weighted by Crippen LogP contribution is -2.44. The number of carboxylic acid groups (broad SMARTS) is 1. The highest BCUT2D eigenvalue weighted by Gasteiger charge is 2.45. The number of halogens is 1. The summed E-state index contributed by atoms with van der Waals surface area (Å²) in [4.78, 5) is 23.4. The second-order valence-corrected chi connectivity index (χ2v) is 7.70. The summed E-state index contributed by atoms with van der Waals surface area (Å²) in [5, 5.41) is 12.2. The van der Waals surface area contributed by atoms with E-state index in [-0.39, 0.29) is 17.7 Å². The number of benzene rings is 1. The van der Waals surface area contributed by atoms with Gasteiger partial charge >= 0.3 is 5.97 Å². The van der Waals surface area contributed by atoms with Gasteiger partial charge in [0, 0.05) is 22.9 Å². The summed E-state index contributed by atoms with van der Waals surface area (Å²) in [6.07, 6.45) is 2.18. The number of nitrogens with one attached hydrogen (secondary N) is 1. The van der Waals surface area contributed by atoms with Crippen LogP contribution in [-0.4, -0.2) is 23.5 Å². The van der Waals surface area contributed by atoms with Crippen LogP contribution in [0.25, 0.3) is 0 Å². The fourth-order valence-electron chi connectivity index (χ4n) is 2.77. The van der Waals surface area contributed by atoms with E-state index < -0.39 is 11.4 Å². The molecule has 120 valence electrons. The zero-order valence-electron chi connectivity index (χ0n) is 13.0. The molecule has 1 fully saturated rings. The molecule has 1 aliphatic carbocycles. The van der Waals surface area contributed by atoms with Crippen molar-refractivity contribution in [2.45, 2.75) is 44.9 Å². The summed E-state index contributed by atoms with van der Waals surface area (Å²) < 4.78 is 1.00. The Morgan fingerprint density at radius 2 is 2.05 bits per heavy atom. The molecule has 22 heavy (non-hydrogen) atoms. The zero-order valence-corrected chi connectivity index (χ0v) is 14.6. The highest BCUT2D eigenvalue weighted by Crippen LogP contribution is 2.44. The summed E-state index contributed by atoms with van der Waals surface area (Å²) in [5.74, 6) is -1.02. The van der Waals surface area contributed by atoms with E-state index in [1.165, 1.54) is 0 Å². The fourth-order valence-corrected chi connectivity index (χ4v) is 3.17. The Morgan fingerprint density at radius 1 is 1.36 bits per heavy atom. The number of aliphatic carboxylic acids is 1. The molecular formula is C17H22BrNO3. The zero-order chi connectivity index (χ0) is 16.4. The van der Waals surface area contributed by atoms with Gasteiger partial charge in [-0.15, -0.1) is 0 Å². The Morgan fingerprint density at radius 3 is 2.55 bits per heavy atom. The fraction of sp³-hybridized carbons (Fsp3) is 0.529. The number of carbonyl (C=O) groups is 2. The molecule has 0 saturated heterocycles. The summed E-state index contributed by atoms with van der Waals surface area (Å²) in [5.41, 5.74) is 0.0816. The SMILES string of the molecule is CC(C)(CNC(=O)CC1(C(=O)O)CCC1)c1cccc(Br)c1. The van der Waals surface area contributed by atoms with Gasteiger partial charge in [-0.3, -0.25) is 9.59 Å². The molecule has 1 aliphatic rings. The minimum absolute atomic E-state index is 0.0803. The lowest BCUT2D eigenvalue weighted by Gasteiger charge is -2.37. The Labute approximate surface area is 139 Å². The number of rotatable bonds is 6. The van der Waals surface area contributed by atoms with Crippen LogP contribution in [0.1, 0.15) is 45.1 Å². The molecule has 0 unspecified atom stereocenters. The van der Waals surface area contributed by atoms with Crippen molar-refractivity contribution in [3.63, 3.8) is 0 Å². The van der Waals surface area contributed by atoms with Crippen molar-refractivity contribution in [3.05, 3.63) is 34.3 Å². The second kappa shape index (κ2) is 6.41. The molecule has 5 heteroatoms. The highest BCUT2D eigenvalue weighted by atomic mass is 79.9. The van der Waals surface area contributed by atoms with Crippen molar-refractivity contribution in [1.82, 2.24) is 5.32 Å². The van der Waals surface area contributed by atoms with Crippen molar-refractivity contribution in [2.24, 2.45) is 5.41 Å². The molecular weight excluding hydrogens is 346 g/mol. The first-order chi connectivity index (χ1) is 10.3.